The van der Waals surface area contributed by atoms with Crippen LogP contribution < -0.4 is 5.73 Å². The second-order valence-corrected chi connectivity index (χ2v) is 4.54. The van der Waals surface area contributed by atoms with Gasteiger partial charge in [-0.15, -0.1) is 0 Å². The molecular weight excluding hydrogens is 210 g/mol. The van der Waals surface area contributed by atoms with Crippen molar-refractivity contribution in [1.29, 1.82) is 0 Å². The van der Waals surface area contributed by atoms with Crippen LogP contribution in [0.4, 0.5) is 0 Å². The van der Waals surface area contributed by atoms with E-state index in [0.717, 1.165) is 17.8 Å². The SMILES string of the molecule is Cc1ccc(Cn2ncc(CN)c2C)cc1C. The molecule has 1 aromatic carbocycles. The molecule has 0 bridgehead atoms. The van der Waals surface area contributed by atoms with Crippen LogP contribution in [0.25, 0.3) is 0 Å². The van der Waals surface area contributed by atoms with Crippen LogP contribution in [-0.4, -0.2) is 9.78 Å². The topological polar surface area (TPSA) is 43.8 Å². The molecule has 17 heavy (non-hydrogen) atoms. The highest BCUT2D eigenvalue weighted by Crippen LogP contribution is 2.13. The van der Waals surface area contributed by atoms with Gasteiger partial charge in [0.15, 0.2) is 0 Å². The van der Waals surface area contributed by atoms with E-state index in [1.807, 2.05) is 10.9 Å². The molecule has 1 aromatic heterocycles. The molecule has 90 valence electrons. The summed E-state index contributed by atoms with van der Waals surface area (Å²) in [6, 6.07) is 6.54. The first-order chi connectivity index (χ1) is 8.11. The zero-order chi connectivity index (χ0) is 12.4. The summed E-state index contributed by atoms with van der Waals surface area (Å²) in [6.45, 7) is 7.70. The molecule has 0 radical (unpaired) electrons. The lowest BCUT2D eigenvalue weighted by Crippen LogP contribution is -2.05. The van der Waals surface area contributed by atoms with Crippen molar-refractivity contribution in [2.75, 3.05) is 0 Å². The minimum atomic E-state index is 0.554. The van der Waals surface area contributed by atoms with E-state index >= 15 is 0 Å². The minimum Gasteiger partial charge on any atom is -0.326 e. The van der Waals surface area contributed by atoms with Gasteiger partial charge in [0.25, 0.3) is 0 Å². The largest absolute Gasteiger partial charge is 0.326 e. The van der Waals surface area contributed by atoms with Crippen molar-refractivity contribution in [1.82, 2.24) is 9.78 Å². The lowest BCUT2D eigenvalue weighted by Gasteiger charge is -2.07. The summed E-state index contributed by atoms with van der Waals surface area (Å²) >= 11 is 0. The van der Waals surface area contributed by atoms with Crippen LogP contribution >= 0.6 is 0 Å². The summed E-state index contributed by atoms with van der Waals surface area (Å²) in [5.41, 5.74) is 11.9. The molecule has 2 rings (SSSR count). The molecule has 0 saturated heterocycles. The number of hydrogen-bond donors (Lipinski definition) is 1. The number of rotatable bonds is 3. The van der Waals surface area contributed by atoms with E-state index in [-0.39, 0.29) is 0 Å². The minimum absolute atomic E-state index is 0.554. The van der Waals surface area contributed by atoms with E-state index in [0.29, 0.717) is 6.54 Å². The maximum Gasteiger partial charge on any atom is 0.0662 e. The molecule has 0 aliphatic heterocycles. The molecule has 0 saturated carbocycles. The van der Waals surface area contributed by atoms with E-state index in [1.54, 1.807) is 0 Å². The lowest BCUT2D eigenvalue weighted by molar-refractivity contribution is 0.663. The molecule has 2 N–H and O–H groups in total. The van der Waals surface area contributed by atoms with Crippen molar-refractivity contribution in [3.8, 4) is 0 Å². The van der Waals surface area contributed by atoms with Crippen LogP contribution in [0.5, 0.6) is 0 Å². The average molecular weight is 229 g/mol. The third kappa shape index (κ3) is 2.39. The first kappa shape index (κ1) is 11.9. The molecule has 0 aliphatic rings. The van der Waals surface area contributed by atoms with E-state index in [2.05, 4.69) is 44.1 Å². The number of aromatic nitrogens is 2. The Kier molecular flexibility index (Phi) is 3.29. The Morgan fingerprint density at radius 3 is 2.53 bits per heavy atom. The molecule has 3 heteroatoms. The van der Waals surface area contributed by atoms with Gasteiger partial charge in [-0.1, -0.05) is 18.2 Å². The maximum atomic E-state index is 5.65. The van der Waals surface area contributed by atoms with Gasteiger partial charge in [0.2, 0.25) is 0 Å². The normalized spacial score (nSPS) is 10.8. The van der Waals surface area contributed by atoms with Crippen LogP contribution in [-0.2, 0) is 13.1 Å². The standard InChI is InChI=1S/C14H19N3/c1-10-4-5-13(6-11(10)2)9-17-12(3)14(7-15)8-16-17/h4-6,8H,7,9,15H2,1-3H3. The fourth-order valence-corrected chi connectivity index (χ4v) is 1.92. The maximum absolute atomic E-state index is 5.65. The van der Waals surface area contributed by atoms with Gasteiger partial charge in [-0.05, 0) is 37.5 Å². The zero-order valence-corrected chi connectivity index (χ0v) is 10.7. The van der Waals surface area contributed by atoms with Crippen LogP contribution in [0.2, 0.25) is 0 Å². The zero-order valence-electron chi connectivity index (χ0n) is 10.7. The average Bonchev–Trinajstić information content (AvgIpc) is 2.65. The number of benzene rings is 1. The number of aryl methyl sites for hydroxylation is 2. The van der Waals surface area contributed by atoms with Gasteiger partial charge in [0, 0.05) is 17.8 Å². The summed E-state index contributed by atoms with van der Waals surface area (Å²) in [5.74, 6) is 0. The lowest BCUT2D eigenvalue weighted by atomic mass is 10.1. The fourth-order valence-electron chi connectivity index (χ4n) is 1.92. The van der Waals surface area contributed by atoms with Crippen LogP contribution in [0.1, 0.15) is 27.9 Å². The highest BCUT2D eigenvalue weighted by atomic mass is 15.3. The molecule has 1 heterocycles. The molecule has 0 aliphatic carbocycles. The predicted octanol–water partition coefficient (Wildman–Crippen LogP) is 2.32. The predicted molar refractivity (Wildman–Crippen MR) is 69.9 cm³/mol. The van der Waals surface area contributed by atoms with Crippen molar-refractivity contribution in [2.45, 2.75) is 33.9 Å². The molecule has 0 unspecified atom stereocenters. The van der Waals surface area contributed by atoms with Gasteiger partial charge in [-0.3, -0.25) is 4.68 Å². The van der Waals surface area contributed by atoms with Crippen LogP contribution in [0, 0.1) is 20.8 Å². The molecule has 0 atom stereocenters. The second-order valence-electron chi connectivity index (χ2n) is 4.54. The van der Waals surface area contributed by atoms with Crippen molar-refractivity contribution in [3.63, 3.8) is 0 Å². The van der Waals surface area contributed by atoms with Gasteiger partial charge >= 0.3 is 0 Å². The van der Waals surface area contributed by atoms with Gasteiger partial charge in [0.1, 0.15) is 0 Å². The van der Waals surface area contributed by atoms with Gasteiger partial charge in [0.05, 0.1) is 12.7 Å². The van der Waals surface area contributed by atoms with Crippen molar-refractivity contribution in [3.05, 3.63) is 52.3 Å². The molecule has 0 spiro atoms. The van der Waals surface area contributed by atoms with Gasteiger partial charge < -0.3 is 5.73 Å². The summed E-state index contributed by atoms with van der Waals surface area (Å²) in [6.07, 6.45) is 1.86. The summed E-state index contributed by atoms with van der Waals surface area (Å²) in [7, 11) is 0. The van der Waals surface area contributed by atoms with E-state index < -0.39 is 0 Å². The Bertz CT molecular complexity index is 526. The van der Waals surface area contributed by atoms with Gasteiger partial charge in [-0.2, -0.15) is 5.10 Å². The van der Waals surface area contributed by atoms with E-state index in [4.69, 9.17) is 5.73 Å². The smallest absolute Gasteiger partial charge is 0.0662 e. The Balaban J connectivity index is 2.25. The van der Waals surface area contributed by atoms with Crippen LogP contribution in [0.15, 0.2) is 24.4 Å². The van der Waals surface area contributed by atoms with Gasteiger partial charge in [-0.25, -0.2) is 0 Å². The molecule has 2 aromatic rings. The van der Waals surface area contributed by atoms with E-state index in [9.17, 15) is 0 Å². The first-order valence-corrected chi connectivity index (χ1v) is 5.89. The van der Waals surface area contributed by atoms with E-state index in [1.165, 1.54) is 16.7 Å². The molecule has 0 amide bonds. The fraction of sp³-hybridized carbons (Fsp3) is 0.357. The van der Waals surface area contributed by atoms with Crippen molar-refractivity contribution < 1.29 is 0 Å². The highest BCUT2D eigenvalue weighted by molar-refractivity contribution is 5.30. The highest BCUT2D eigenvalue weighted by Gasteiger charge is 2.05. The summed E-state index contributed by atoms with van der Waals surface area (Å²) in [5, 5.41) is 4.37. The van der Waals surface area contributed by atoms with Crippen LogP contribution in [0.3, 0.4) is 0 Å². The third-order valence-electron chi connectivity index (χ3n) is 3.33. The number of nitrogens with two attached hydrogens (primary N) is 1. The first-order valence-electron chi connectivity index (χ1n) is 5.89. The number of nitrogens with zero attached hydrogens (tertiary/aromatic N) is 2. The molecule has 0 fully saturated rings. The third-order valence-corrected chi connectivity index (χ3v) is 3.33. The van der Waals surface area contributed by atoms with Crippen molar-refractivity contribution >= 4 is 0 Å². The Labute approximate surface area is 102 Å². The Hall–Kier alpha value is -1.61. The molecule has 3 nitrogen and oxygen atoms in total. The Morgan fingerprint density at radius 1 is 1.18 bits per heavy atom. The number of hydrogen-bond acceptors (Lipinski definition) is 2. The summed E-state index contributed by atoms with van der Waals surface area (Å²) in [4.78, 5) is 0. The summed E-state index contributed by atoms with van der Waals surface area (Å²) < 4.78 is 2.01. The quantitative estimate of drug-likeness (QED) is 0.877. The van der Waals surface area contributed by atoms with Crippen molar-refractivity contribution in [2.24, 2.45) is 5.73 Å². The Morgan fingerprint density at radius 2 is 1.94 bits per heavy atom. The monoisotopic (exact) mass is 229 g/mol. The second kappa shape index (κ2) is 4.72. The molecular formula is C14H19N3.